The van der Waals surface area contributed by atoms with Crippen molar-refractivity contribution >= 4 is 11.9 Å². The van der Waals surface area contributed by atoms with Crippen LogP contribution >= 0.6 is 0 Å². The molecule has 0 N–H and O–H groups in total. The highest BCUT2D eigenvalue weighted by Gasteiger charge is 2.27. The zero-order valence-electron chi connectivity index (χ0n) is 14.4. The van der Waals surface area contributed by atoms with Crippen LogP contribution in [0.15, 0.2) is 48.5 Å². The van der Waals surface area contributed by atoms with E-state index in [0.29, 0.717) is 24.4 Å². The number of ether oxygens (including phenoxy) is 2. The molecule has 0 fully saturated rings. The Labute approximate surface area is 147 Å². The molecular weight excluding hydrogens is 318 g/mol. The van der Waals surface area contributed by atoms with Gasteiger partial charge in [0.25, 0.3) is 5.91 Å². The van der Waals surface area contributed by atoms with Crippen LogP contribution in [-0.4, -0.2) is 36.5 Å². The Hall–Kier alpha value is -2.82. The van der Waals surface area contributed by atoms with E-state index in [-0.39, 0.29) is 5.91 Å². The predicted molar refractivity (Wildman–Crippen MR) is 93.4 cm³/mol. The zero-order valence-corrected chi connectivity index (χ0v) is 14.4. The molecule has 0 aliphatic carbocycles. The smallest absolute Gasteiger partial charge is 0.339 e. The number of esters is 1. The Kier molecular flexibility index (Phi) is 5.03. The predicted octanol–water partition coefficient (Wildman–Crippen LogP) is 2.83. The van der Waals surface area contributed by atoms with E-state index in [4.69, 9.17) is 9.47 Å². The normalized spacial score (nSPS) is 14.4. The first-order chi connectivity index (χ1) is 12.1. The molecule has 0 saturated heterocycles. The number of hydrogen-bond donors (Lipinski definition) is 0. The SMILES string of the molecule is COc1cccc(C(=O)OC(C)C(=O)N2CCc3ccccc3C2)c1. The van der Waals surface area contributed by atoms with Crippen molar-refractivity contribution in [3.8, 4) is 5.75 Å². The second kappa shape index (κ2) is 7.38. The van der Waals surface area contributed by atoms with Gasteiger partial charge in [0.1, 0.15) is 5.75 Å². The van der Waals surface area contributed by atoms with Crippen LogP contribution in [0.5, 0.6) is 5.75 Å². The first-order valence-electron chi connectivity index (χ1n) is 8.29. The fraction of sp³-hybridized carbons (Fsp3) is 0.300. The highest BCUT2D eigenvalue weighted by molar-refractivity contribution is 5.92. The average Bonchev–Trinajstić information content (AvgIpc) is 2.66. The highest BCUT2D eigenvalue weighted by atomic mass is 16.5. The summed E-state index contributed by atoms with van der Waals surface area (Å²) in [4.78, 5) is 26.6. The van der Waals surface area contributed by atoms with Crippen molar-refractivity contribution in [3.05, 3.63) is 65.2 Å². The van der Waals surface area contributed by atoms with Crippen molar-refractivity contribution in [1.82, 2.24) is 4.90 Å². The monoisotopic (exact) mass is 339 g/mol. The zero-order chi connectivity index (χ0) is 17.8. The molecule has 25 heavy (non-hydrogen) atoms. The molecular formula is C20H21NO4. The lowest BCUT2D eigenvalue weighted by molar-refractivity contribution is -0.140. The van der Waals surface area contributed by atoms with Gasteiger partial charge in [0.15, 0.2) is 6.10 Å². The third-order valence-electron chi connectivity index (χ3n) is 4.38. The van der Waals surface area contributed by atoms with Crippen LogP contribution < -0.4 is 4.74 Å². The summed E-state index contributed by atoms with van der Waals surface area (Å²) < 4.78 is 10.5. The molecule has 5 nitrogen and oxygen atoms in total. The van der Waals surface area contributed by atoms with Gasteiger partial charge in [0.05, 0.1) is 12.7 Å². The average molecular weight is 339 g/mol. The van der Waals surface area contributed by atoms with E-state index in [1.165, 1.54) is 12.7 Å². The standard InChI is InChI=1S/C20H21NO4/c1-14(25-20(23)16-8-5-9-18(12-16)24-2)19(22)21-11-10-15-6-3-4-7-17(15)13-21/h3-9,12,14H,10-11,13H2,1-2H3. The number of benzene rings is 2. The van der Waals surface area contributed by atoms with Gasteiger partial charge in [-0.05, 0) is 42.7 Å². The molecule has 0 radical (unpaired) electrons. The van der Waals surface area contributed by atoms with Crippen LogP contribution in [0.1, 0.15) is 28.4 Å². The number of carbonyl (C=O) groups is 2. The molecule has 2 aromatic carbocycles. The minimum absolute atomic E-state index is 0.175. The van der Waals surface area contributed by atoms with E-state index in [2.05, 4.69) is 6.07 Å². The summed E-state index contributed by atoms with van der Waals surface area (Å²) in [5.41, 5.74) is 2.78. The van der Waals surface area contributed by atoms with Crippen molar-refractivity contribution < 1.29 is 19.1 Å². The van der Waals surface area contributed by atoms with E-state index < -0.39 is 12.1 Å². The molecule has 2 aromatic rings. The number of rotatable bonds is 4. The molecule has 5 heteroatoms. The number of methoxy groups -OCH3 is 1. The van der Waals surface area contributed by atoms with Crippen LogP contribution in [0.4, 0.5) is 0 Å². The van der Waals surface area contributed by atoms with Crippen molar-refractivity contribution in [2.45, 2.75) is 26.0 Å². The summed E-state index contributed by atoms with van der Waals surface area (Å²) in [5, 5.41) is 0. The van der Waals surface area contributed by atoms with Crippen LogP contribution in [0.2, 0.25) is 0 Å². The van der Waals surface area contributed by atoms with Crippen molar-refractivity contribution in [1.29, 1.82) is 0 Å². The Morgan fingerprint density at radius 2 is 1.84 bits per heavy atom. The number of nitrogens with zero attached hydrogens (tertiary/aromatic N) is 1. The van der Waals surface area contributed by atoms with E-state index in [1.807, 2.05) is 18.2 Å². The van der Waals surface area contributed by atoms with Crippen LogP contribution in [0.25, 0.3) is 0 Å². The Balaban J connectivity index is 1.64. The summed E-state index contributed by atoms with van der Waals surface area (Å²) in [6, 6.07) is 14.8. The summed E-state index contributed by atoms with van der Waals surface area (Å²) in [5.74, 6) is -0.135. The number of fused-ring (bicyclic) bond motifs is 1. The fourth-order valence-corrected chi connectivity index (χ4v) is 2.97. The van der Waals surface area contributed by atoms with E-state index in [0.717, 1.165) is 12.0 Å². The van der Waals surface area contributed by atoms with Gasteiger partial charge in [-0.25, -0.2) is 4.79 Å². The quantitative estimate of drug-likeness (QED) is 0.804. The Morgan fingerprint density at radius 3 is 2.60 bits per heavy atom. The van der Waals surface area contributed by atoms with Gasteiger partial charge in [-0.3, -0.25) is 4.79 Å². The maximum atomic E-state index is 12.6. The van der Waals surface area contributed by atoms with E-state index in [1.54, 1.807) is 36.1 Å². The number of hydrogen-bond acceptors (Lipinski definition) is 4. The third-order valence-corrected chi connectivity index (χ3v) is 4.38. The van der Waals surface area contributed by atoms with Crippen LogP contribution in [0.3, 0.4) is 0 Å². The molecule has 0 bridgehead atoms. The van der Waals surface area contributed by atoms with Crippen LogP contribution in [-0.2, 0) is 22.5 Å². The lowest BCUT2D eigenvalue weighted by Crippen LogP contribution is -2.42. The van der Waals surface area contributed by atoms with Gasteiger partial charge in [-0.1, -0.05) is 30.3 Å². The molecule has 1 aliphatic rings. The molecule has 1 amide bonds. The Bertz CT molecular complexity index is 787. The molecule has 0 aromatic heterocycles. The molecule has 0 spiro atoms. The van der Waals surface area contributed by atoms with Crippen molar-refractivity contribution in [3.63, 3.8) is 0 Å². The molecule has 3 rings (SSSR count). The number of amides is 1. The van der Waals surface area contributed by atoms with Gasteiger partial charge in [-0.15, -0.1) is 0 Å². The minimum Gasteiger partial charge on any atom is -0.497 e. The summed E-state index contributed by atoms with van der Waals surface area (Å²) in [6.45, 7) is 2.80. The fourth-order valence-electron chi connectivity index (χ4n) is 2.97. The molecule has 1 aliphatic heterocycles. The minimum atomic E-state index is -0.830. The highest BCUT2D eigenvalue weighted by Crippen LogP contribution is 2.20. The summed E-state index contributed by atoms with van der Waals surface area (Å²) in [7, 11) is 1.53. The van der Waals surface area contributed by atoms with Gasteiger partial charge in [0, 0.05) is 13.1 Å². The molecule has 1 unspecified atom stereocenters. The lowest BCUT2D eigenvalue weighted by atomic mass is 9.99. The molecule has 1 heterocycles. The van der Waals surface area contributed by atoms with Gasteiger partial charge in [0.2, 0.25) is 0 Å². The second-order valence-electron chi connectivity index (χ2n) is 6.06. The maximum absolute atomic E-state index is 12.6. The van der Waals surface area contributed by atoms with Gasteiger partial charge in [-0.2, -0.15) is 0 Å². The first kappa shape index (κ1) is 17.0. The van der Waals surface area contributed by atoms with E-state index in [9.17, 15) is 9.59 Å². The van der Waals surface area contributed by atoms with Crippen LogP contribution in [0, 0.1) is 0 Å². The largest absolute Gasteiger partial charge is 0.497 e. The third kappa shape index (κ3) is 3.82. The van der Waals surface area contributed by atoms with Crippen molar-refractivity contribution in [2.75, 3.05) is 13.7 Å². The van der Waals surface area contributed by atoms with Gasteiger partial charge < -0.3 is 14.4 Å². The van der Waals surface area contributed by atoms with Gasteiger partial charge >= 0.3 is 5.97 Å². The molecule has 0 saturated carbocycles. The maximum Gasteiger partial charge on any atom is 0.339 e. The summed E-state index contributed by atoms with van der Waals surface area (Å²) in [6.07, 6.45) is -0.0117. The lowest BCUT2D eigenvalue weighted by Gasteiger charge is -2.30. The van der Waals surface area contributed by atoms with Crippen molar-refractivity contribution in [2.24, 2.45) is 0 Å². The Morgan fingerprint density at radius 1 is 1.08 bits per heavy atom. The second-order valence-corrected chi connectivity index (χ2v) is 6.06. The topological polar surface area (TPSA) is 55.8 Å². The molecule has 130 valence electrons. The molecule has 1 atom stereocenters. The van der Waals surface area contributed by atoms with E-state index >= 15 is 0 Å². The number of carbonyl (C=O) groups excluding carboxylic acids is 2. The summed E-state index contributed by atoms with van der Waals surface area (Å²) >= 11 is 0. The first-order valence-corrected chi connectivity index (χ1v) is 8.29.